The molecule has 7 heteroatoms. The maximum Gasteiger partial charge on any atom is 0.117 e. The molecular weight excluding hydrogens is 530 g/mol. The van der Waals surface area contributed by atoms with E-state index in [0.717, 1.165) is 25.7 Å². The van der Waals surface area contributed by atoms with Crippen molar-refractivity contribution in [2.24, 2.45) is 5.73 Å². The van der Waals surface area contributed by atoms with Crippen LogP contribution in [-0.4, -0.2) is 72.9 Å². The second kappa shape index (κ2) is 18.0. The van der Waals surface area contributed by atoms with E-state index in [9.17, 15) is 0 Å². The van der Waals surface area contributed by atoms with Crippen LogP contribution in [0.2, 0.25) is 0 Å². The van der Waals surface area contributed by atoms with Crippen LogP contribution in [0.4, 0.5) is 0 Å². The number of nitrogens with two attached hydrogens (primary N) is 1. The van der Waals surface area contributed by atoms with Gasteiger partial charge in [0.2, 0.25) is 0 Å². The van der Waals surface area contributed by atoms with E-state index >= 15 is 0 Å². The zero-order valence-electron chi connectivity index (χ0n) is 29.2. The van der Waals surface area contributed by atoms with Crippen LogP contribution in [0.5, 0.6) is 0 Å². The number of rotatable bonds is 26. The smallest absolute Gasteiger partial charge is 0.117 e. The van der Waals surface area contributed by atoms with Crippen molar-refractivity contribution in [2.45, 2.75) is 155 Å². The molecule has 2 unspecified atom stereocenters. The van der Waals surface area contributed by atoms with Gasteiger partial charge in [-0.15, -0.1) is 19.7 Å². The zero-order chi connectivity index (χ0) is 32.7. The lowest BCUT2D eigenvalue weighted by atomic mass is 10.0. The van der Waals surface area contributed by atoms with Crippen molar-refractivity contribution in [3.05, 3.63) is 38.0 Å². The lowest BCUT2D eigenvalue weighted by Crippen LogP contribution is -2.43. The van der Waals surface area contributed by atoms with Gasteiger partial charge in [-0.1, -0.05) is 18.2 Å². The SMILES string of the molecule is C=CCC(C)(C)OCCC(C)(C)OCC(COC(C)(C)CCOC(C)(N)CC=C)OC(C)(C)CCOC(C)(C)CC=C. The normalized spacial score (nSPS) is 15.7. The molecule has 0 aliphatic rings. The van der Waals surface area contributed by atoms with Crippen molar-refractivity contribution in [2.75, 3.05) is 33.0 Å². The third-order valence-corrected chi connectivity index (χ3v) is 7.16. The highest BCUT2D eigenvalue weighted by Crippen LogP contribution is 2.25. The summed E-state index contributed by atoms with van der Waals surface area (Å²) in [7, 11) is 0. The summed E-state index contributed by atoms with van der Waals surface area (Å²) in [5, 5.41) is 0. The second-order valence-corrected chi connectivity index (χ2v) is 14.7. The quantitative estimate of drug-likeness (QED) is 0.0801. The van der Waals surface area contributed by atoms with E-state index in [1.54, 1.807) is 6.08 Å². The molecule has 0 saturated heterocycles. The predicted molar refractivity (Wildman–Crippen MR) is 176 cm³/mol. The van der Waals surface area contributed by atoms with Crippen LogP contribution in [0.1, 0.15) is 115 Å². The van der Waals surface area contributed by atoms with Gasteiger partial charge in [-0.2, -0.15) is 0 Å². The summed E-state index contributed by atoms with van der Waals surface area (Å²) >= 11 is 0. The third-order valence-electron chi connectivity index (χ3n) is 7.16. The van der Waals surface area contributed by atoms with E-state index in [2.05, 4.69) is 89.0 Å². The highest BCUT2D eigenvalue weighted by Gasteiger charge is 2.31. The van der Waals surface area contributed by atoms with Gasteiger partial charge in [-0.3, -0.25) is 0 Å². The number of hydrogen-bond donors (Lipinski definition) is 1. The first-order valence-corrected chi connectivity index (χ1v) is 15.6. The molecule has 0 aromatic carbocycles. The molecule has 0 saturated carbocycles. The van der Waals surface area contributed by atoms with E-state index in [4.69, 9.17) is 34.2 Å². The van der Waals surface area contributed by atoms with E-state index in [-0.39, 0.29) is 17.3 Å². The Balaban J connectivity index is 5.29. The Kier molecular flexibility index (Phi) is 17.6. The molecule has 0 bridgehead atoms. The Hall–Kier alpha value is -1.06. The van der Waals surface area contributed by atoms with Crippen molar-refractivity contribution in [3.63, 3.8) is 0 Å². The fourth-order valence-electron chi connectivity index (χ4n) is 4.24. The molecule has 248 valence electrons. The average Bonchev–Trinajstić information content (AvgIpc) is 2.79. The molecule has 0 aliphatic heterocycles. The first kappa shape index (κ1) is 40.9. The van der Waals surface area contributed by atoms with Gasteiger partial charge >= 0.3 is 0 Å². The van der Waals surface area contributed by atoms with Crippen LogP contribution in [0.15, 0.2) is 38.0 Å². The van der Waals surface area contributed by atoms with Crippen LogP contribution in [0.25, 0.3) is 0 Å². The van der Waals surface area contributed by atoms with Crippen molar-refractivity contribution in [3.8, 4) is 0 Å². The lowest BCUT2D eigenvalue weighted by Gasteiger charge is -2.36. The fraction of sp³-hybridized carbons (Fsp3) is 0.829. The predicted octanol–water partition coefficient (Wildman–Crippen LogP) is 7.92. The third kappa shape index (κ3) is 20.8. The standard InChI is InChI=1S/C35H67NO6/c1-15-18-30(4,5)37-24-21-32(8,9)40-27-29(42-34(12,13)23-25-38-31(6,7)19-16-2)28-41-33(10,11)22-26-39-35(14,36)20-17-3/h15-17,29H,1-3,18-28,36H2,4-14H3. The van der Waals surface area contributed by atoms with Gasteiger partial charge in [-0.05, 0) is 108 Å². The number of ether oxygens (including phenoxy) is 6. The summed E-state index contributed by atoms with van der Waals surface area (Å²) in [5.41, 5.74) is 3.68. The van der Waals surface area contributed by atoms with E-state index < -0.39 is 22.5 Å². The minimum Gasteiger partial charge on any atom is -0.375 e. The second-order valence-electron chi connectivity index (χ2n) is 14.7. The number of hydrogen-bond acceptors (Lipinski definition) is 7. The summed E-state index contributed by atoms with van der Waals surface area (Å²) in [5.74, 6) is 0. The topological polar surface area (TPSA) is 81.4 Å². The summed E-state index contributed by atoms with van der Waals surface area (Å²) in [6, 6.07) is 0. The maximum atomic E-state index is 6.63. The fourth-order valence-corrected chi connectivity index (χ4v) is 4.24. The summed E-state index contributed by atoms with van der Waals surface area (Å²) < 4.78 is 37.6. The molecule has 7 nitrogen and oxygen atoms in total. The molecule has 0 spiro atoms. The van der Waals surface area contributed by atoms with Gasteiger partial charge in [0.1, 0.15) is 11.8 Å². The van der Waals surface area contributed by atoms with Crippen molar-refractivity contribution < 1.29 is 28.4 Å². The van der Waals surface area contributed by atoms with Gasteiger partial charge in [0.25, 0.3) is 0 Å². The molecular formula is C35H67NO6. The molecule has 0 heterocycles. The Morgan fingerprint density at radius 2 is 0.857 bits per heavy atom. The molecule has 0 fully saturated rings. The average molecular weight is 598 g/mol. The molecule has 42 heavy (non-hydrogen) atoms. The molecule has 0 aromatic heterocycles. The van der Waals surface area contributed by atoms with E-state index in [1.165, 1.54) is 0 Å². The van der Waals surface area contributed by atoms with Gasteiger partial charge in [0.15, 0.2) is 0 Å². The summed E-state index contributed by atoms with van der Waals surface area (Å²) in [6.45, 7) is 36.5. The minimum atomic E-state index is -0.736. The van der Waals surface area contributed by atoms with Crippen molar-refractivity contribution >= 4 is 0 Å². The molecule has 0 amide bonds. The van der Waals surface area contributed by atoms with Crippen LogP contribution in [-0.2, 0) is 28.4 Å². The van der Waals surface area contributed by atoms with Crippen LogP contribution in [0, 0.1) is 0 Å². The van der Waals surface area contributed by atoms with Gasteiger partial charge in [0.05, 0.1) is 61.0 Å². The summed E-state index contributed by atoms with van der Waals surface area (Å²) in [6.07, 6.45) is 9.60. The highest BCUT2D eigenvalue weighted by molar-refractivity contribution is 4.83. The van der Waals surface area contributed by atoms with Crippen molar-refractivity contribution in [1.29, 1.82) is 0 Å². The van der Waals surface area contributed by atoms with Gasteiger partial charge in [-0.25, -0.2) is 0 Å². The van der Waals surface area contributed by atoms with Crippen molar-refractivity contribution in [1.82, 2.24) is 0 Å². The zero-order valence-corrected chi connectivity index (χ0v) is 29.2. The minimum absolute atomic E-state index is 0.244. The van der Waals surface area contributed by atoms with E-state index in [1.807, 2.05) is 19.1 Å². The largest absolute Gasteiger partial charge is 0.375 e. The van der Waals surface area contributed by atoms with E-state index in [0.29, 0.717) is 45.9 Å². The van der Waals surface area contributed by atoms with Gasteiger partial charge in [0, 0.05) is 6.42 Å². The Labute approximate surface area is 259 Å². The first-order chi connectivity index (χ1) is 19.1. The van der Waals surface area contributed by atoms with Crippen LogP contribution >= 0.6 is 0 Å². The Bertz CT molecular complexity index is 740. The summed E-state index contributed by atoms with van der Waals surface area (Å²) in [4.78, 5) is 0. The Morgan fingerprint density at radius 3 is 1.24 bits per heavy atom. The molecule has 0 radical (unpaired) electrons. The highest BCUT2D eigenvalue weighted by atomic mass is 16.6. The monoisotopic (exact) mass is 597 g/mol. The molecule has 0 rings (SSSR count). The molecule has 0 aromatic rings. The van der Waals surface area contributed by atoms with Crippen LogP contribution in [0.3, 0.4) is 0 Å². The molecule has 2 N–H and O–H groups in total. The molecule has 0 aliphatic carbocycles. The molecule has 2 atom stereocenters. The first-order valence-electron chi connectivity index (χ1n) is 15.6. The Morgan fingerprint density at radius 1 is 0.500 bits per heavy atom. The van der Waals surface area contributed by atoms with Gasteiger partial charge < -0.3 is 34.2 Å². The lowest BCUT2D eigenvalue weighted by molar-refractivity contribution is -0.178. The van der Waals surface area contributed by atoms with Crippen LogP contribution < -0.4 is 5.73 Å². The maximum absolute atomic E-state index is 6.63.